The molecule has 118 valence electrons. The fraction of sp³-hybridized carbons (Fsp3) is 0.533. The van der Waals surface area contributed by atoms with Gasteiger partial charge in [0.25, 0.3) is 5.91 Å². The first-order valence-electron chi connectivity index (χ1n) is 6.85. The van der Waals surface area contributed by atoms with Crippen LogP contribution in [0.5, 0.6) is 5.75 Å². The van der Waals surface area contributed by atoms with Gasteiger partial charge >= 0.3 is 0 Å². The van der Waals surface area contributed by atoms with Crippen molar-refractivity contribution >= 4 is 5.91 Å². The van der Waals surface area contributed by atoms with Gasteiger partial charge in [-0.1, -0.05) is 6.92 Å². The molecule has 0 spiro atoms. The number of carbonyl (C=O) groups excluding carboxylic acids is 1. The molecule has 0 fully saturated rings. The highest BCUT2D eigenvalue weighted by Crippen LogP contribution is 2.23. The van der Waals surface area contributed by atoms with Crippen molar-refractivity contribution in [3.05, 3.63) is 29.3 Å². The average Bonchev–Trinajstić information content (AvgIpc) is 2.37. The molecule has 0 aromatic heterocycles. The maximum atomic E-state index is 13.8. The topological polar surface area (TPSA) is 50.4 Å². The van der Waals surface area contributed by atoms with Crippen molar-refractivity contribution in [3.8, 4) is 5.75 Å². The third-order valence-corrected chi connectivity index (χ3v) is 3.15. The van der Waals surface area contributed by atoms with E-state index in [-0.39, 0.29) is 5.54 Å². The molecule has 0 bridgehead atoms. The minimum absolute atomic E-state index is 0.347. The van der Waals surface area contributed by atoms with Crippen LogP contribution >= 0.6 is 0 Å². The van der Waals surface area contributed by atoms with Gasteiger partial charge in [-0.15, -0.1) is 0 Å². The van der Waals surface area contributed by atoms with Crippen molar-refractivity contribution in [2.75, 3.05) is 13.7 Å². The maximum absolute atomic E-state index is 13.8. The van der Waals surface area contributed by atoms with Crippen molar-refractivity contribution in [2.45, 2.75) is 39.3 Å². The summed E-state index contributed by atoms with van der Waals surface area (Å²) >= 11 is 0. The zero-order valence-corrected chi connectivity index (χ0v) is 12.8. The van der Waals surface area contributed by atoms with E-state index in [1.807, 2.05) is 20.8 Å². The number of halogens is 2. The smallest absolute Gasteiger partial charge is 0.258 e. The SMILES string of the molecule is CCC(C)(C)NC(=O)COc1c(F)cc(CNC)cc1F. The Hall–Kier alpha value is -1.69. The lowest BCUT2D eigenvalue weighted by molar-refractivity contribution is -0.124. The van der Waals surface area contributed by atoms with Crippen LogP contribution in [0.15, 0.2) is 12.1 Å². The van der Waals surface area contributed by atoms with Crippen LogP contribution in [-0.2, 0) is 11.3 Å². The van der Waals surface area contributed by atoms with Crippen LogP contribution in [0, 0.1) is 11.6 Å². The molecule has 6 heteroatoms. The number of ether oxygens (including phenoxy) is 1. The highest BCUT2D eigenvalue weighted by molar-refractivity contribution is 5.78. The van der Waals surface area contributed by atoms with Gasteiger partial charge in [-0.2, -0.15) is 0 Å². The minimum Gasteiger partial charge on any atom is -0.478 e. The predicted molar refractivity (Wildman–Crippen MR) is 77.1 cm³/mol. The fourth-order valence-corrected chi connectivity index (χ4v) is 1.70. The zero-order valence-electron chi connectivity index (χ0n) is 12.8. The molecule has 0 saturated heterocycles. The zero-order chi connectivity index (χ0) is 16.0. The van der Waals surface area contributed by atoms with Crippen molar-refractivity contribution in [1.82, 2.24) is 10.6 Å². The lowest BCUT2D eigenvalue weighted by atomic mass is 10.0. The van der Waals surface area contributed by atoms with E-state index < -0.39 is 29.9 Å². The first-order chi connectivity index (χ1) is 9.79. The van der Waals surface area contributed by atoms with Crippen LogP contribution in [0.2, 0.25) is 0 Å². The summed E-state index contributed by atoms with van der Waals surface area (Å²) in [6, 6.07) is 2.37. The molecule has 0 saturated carbocycles. The number of carbonyl (C=O) groups is 1. The summed E-state index contributed by atoms with van der Waals surface area (Å²) < 4.78 is 32.5. The van der Waals surface area contributed by atoms with E-state index in [4.69, 9.17) is 4.74 Å². The minimum atomic E-state index is -0.817. The van der Waals surface area contributed by atoms with Crippen molar-refractivity contribution < 1.29 is 18.3 Å². The Bertz CT molecular complexity index is 481. The second kappa shape index (κ2) is 7.36. The maximum Gasteiger partial charge on any atom is 0.258 e. The number of hydrogen-bond acceptors (Lipinski definition) is 3. The molecule has 1 rings (SSSR count). The summed E-state index contributed by atoms with van der Waals surface area (Å²) in [5.41, 5.74) is 0.0881. The number of nitrogens with one attached hydrogen (secondary N) is 2. The van der Waals surface area contributed by atoms with Gasteiger partial charge in [0, 0.05) is 12.1 Å². The Balaban J connectivity index is 2.69. The van der Waals surface area contributed by atoms with Crippen molar-refractivity contribution in [1.29, 1.82) is 0 Å². The van der Waals surface area contributed by atoms with Crippen LogP contribution in [0.25, 0.3) is 0 Å². The van der Waals surface area contributed by atoms with Crippen LogP contribution in [-0.4, -0.2) is 25.1 Å². The third-order valence-electron chi connectivity index (χ3n) is 3.15. The summed E-state index contributed by atoms with van der Waals surface area (Å²) in [5, 5.41) is 5.53. The molecule has 0 aliphatic heterocycles. The van der Waals surface area contributed by atoms with Crippen LogP contribution in [0.1, 0.15) is 32.8 Å². The molecule has 1 aromatic rings. The van der Waals surface area contributed by atoms with Crippen LogP contribution < -0.4 is 15.4 Å². The lowest BCUT2D eigenvalue weighted by Gasteiger charge is -2.24. The van der Waals surface area contributed by atoms with Crippen LogP contribution in [0.4, 0.5) is 8.78 Å². The molecular weight excluding hydrogens is 278 g/mol. The monoisotopic (exact) mass is 300 g/mol. The van der Waals surface area contributed by atoms with Gasteiger partial charge in [-0.25, -0.2) is 8.78 Å². The lowest BCUT2D eigenvalue weighted by Crippen LogP contribution is -2.45. The summed E-state index contributed by atoms with van der Waals surface area (Å²) in [6.45, 7) is 5.57. The molecule has 4 nitrogen and oxygen atoms in total. The second-order valence-electron chi connectivity index (χ2n) is 5.49. The van der Waals surface area contributed by atoms with Gasteiger partial charge in [0.1, 0.15) is 0 Å². The third kappa shape index (κ3) is 5.30. The predicted octanol–water partition coefficient (Wildman–Crippen LogP) is 2.37. The van der Waals surface area contributed by atoms with E-state index in [0.717, 1.165) is 6.42 Å². The Kier molecular flexibility index (Phi) is 6.08. The Morgan fingerprint density at radius 3 is 2.33 bits per heavy atom. The second-order valence-corrected chi connectivity index (χ2v) is 5.49. The molecule has 0 heterocycles. The normalized spacial score (nSPS) is 11.3. The van der Waals surface area contributed by atoms with E-state index in [9.17, 15) is 13.6 Å². The summed E-state index contributed by atoms with van der Waals surface area (Å²) in [6.07, 6.45) is 0.736. The first-order valence-corrected chi connectivity index (χ1v) is 6.85. The highest BCUT2D eigenvalue weighted by Gasteiger charge is 2.19. The highest BCUT2D eigenvalue weighted by atomic mass is 19.1. The molecule has 0 radical (unpaired) electrons. The summed E-state index contributed by atoms with van der Waals surface area (Å²) in [5.74, 6) is -2.58. The molecule has 21 heavy (non-hydrogen) atoms. The van der Waals surface area contributed by atoms with Gasteiger partial charge in [0.05, 0.1) is 0 Å². The van der Waals surface area contributed by atoms with Crippen molar-refractivity contribution in [3.63, 3.8) is 0 Å². The summed E-state index contributed by atoms with van der Waals surface area (Å²) in [4.78, 5) is 11.7. The van der Waals surface area contributed by atoms with E-state index in [1.54, 1.807) is 7.05 Å². The molecule has 2 N–H and O–H groups in total. The quantitative estimate of drug-likeness (QED) is 0.813. The molecule has 1 aromatic carbocycles. The first kappa shape index (κ1) is 17.4. The fourth-order valence-electron chi connectivity index (χ4n) is 1.70. The van der Waals surface area contributed by atoms with Gasteiger partial charge in [-0.3, -0.25) is 4.79 Å². The van der Waals surface area contributed by atoms with E-state index >= 15 is 0 Å². The summed E-state index contributed by atoms with van der Waals surface area (Å²) in [7, 11) is 1.68. The van der Waals surface area contributed by atoms with Gasteiger partial charge in [0.2, 0.25) is 0 Å². The number of benzene rings is 1. The Morgan fingerprint density at radius 2 is 1.86 bits per heavy atom. The molecule has 1 amide bonds. The molecule has 0 atom stereocenters. The van der Waals surface area contributed by atoms with Crippen LogP contribution in [0.3, 0.4) is 0 Å². The number of hydrogen-bond donors (Lipinski definition) is 2. The molecular formula is C15H22F2N2O2. The van der Waals surface area contributed by atoms with E-state index in [1.165, 1.54) is 12.1 Å². The molecule has 0 aliphatic carbocycles. The number of rotatable bonds is 7. The molecule has 0 aliphatic rings. The standard InChI is InChI=1S/C15H22F2N2O2/c1-5-15(2,3)19-13(20)9-21-14-11(16)6-10(8-18-4)7-12(14)17/h6-7,18H,5,8-9H2,1-4H3,(H,19,20). The number of amides is 1. The Morgan fingerprint density at radius 1 is 1.29 bits per heavy atom. The van der Waals surface area contributed by atoms with Gasteiger partial charge in [-0.05, 0) is 45.0 Å². The van der Waals surface area contributed by atoms with Crippen molar-refractivity contribution in [2.24, 2.45) is 0 Å². The average molecular weight is 300 g/mol. The van der Waals surface area contributed by atoms with Gasteiger partial charge in [0.15, 0.2) is 24.0 Å². The Labute approximate surface area is 123 Å². The molecule has 0 unspecified atom stereocenters. The van der Waals surface area contributed by atoms with E-state index in [2.05, 4.69) is 10.6 Å². The van der Waals surface area contributed by atoms with Gasteiger partial charge < -0.3 is 15.4 Å². The largest absolute Gasteiger partial charge is 0.478 e. The van der Waals surface area contributed by atoms with E-state index in [0.29, 0.717) is 12.1 Å².